The highest BCUT2D eigenvalue weighted by Gasteiger charge is 2.41. The zero-order valence-electron chi connectivity index (χ0n) is 9.39. The Hall–Kier alpha value is -1.10. The molecule has 5 nitrogen and oxygen atoms in total. The summed E-state index contributed by atoms with van der Waals surface area (Å²) in [5.74, 6) is -0.491. The van der Waals surface area contributed by atoms with Crippen LogP contribution in [-0.4, -0.2) is 34.8 Å². The summed E-state index contributed by atoms with van der Waals surface area (Å²) in [6.45, 7) is 0. The van der Waals surface area contributed by atoms with E-state index in [0.717, 1.165) is 25.7 Å². The van der Waals surface area contributed by atoms with Crippen molar-refractivity contribution in [2.24, 2.45) is 11.5 Å². The van der Waals surface area contributed by atoms with Gasteiger partial charge in [0.1, 0.15) is 6.04 Å². The van der Waals surface area contributed by atoms with E-state index >= 15 is 0 Å². The monoisotopic (exact) mass is 225 g/mol. The predicted molar refractivity (Wildman–Crippen MR) is 59.3 cm³/mol. The highest BCUT2D eigenvalue weighted by atomic mass is 16.2. The maximum atomic E-state index is 12.1. The third-order valence-corrected chi connectivity index (χ3v) is 3.71. The molecule has 2 amide bonds. The molecule has 0 aromatic heterocycles. The van der Waals surface area contributed by atoms with Crippen LogP contribution in [0.4, 0.5) is 0 Å². The molecule has 0 bridgehead atoms. The van der Waals surface area contributed by atoms with Gasteiger partial charge in [-0.2, -0.15) is 0 Å². The first-order chi connectivity index (χ1) is 7.61. The number of amides is 2. The van der Waals surface area contributed by atoms with Crippen LogP contribution < -0.4 is 11.5 Å². The minimum absolute atomic E-state index is 0.0917. The quantitative estimate of drug-likeness (QED) is 0.644. The number of primary amides is 1. The molecule has 2 saturated heterocycles. The van der Waals surface area contributed by atoms with Crippen LogP contribution in [0.25, 0.3) is 0 Å². The van der Waals surface area contributed by atoms with Crippen LogP contribution in [0.5, 0.6) is 0 Å². The third-order valence-electron chi connectivity index (χ3n) is 3.71. The van der Waals surface area contributed by atoms with Crippen LogP contribution in [0.1, 0.15) is 38.5 Å². The van der Waals surface area contributed by atoms with Gasteiger partial charge in [0.15, 0.2) is 0 Å². The van der Waals surface area contributed by atoms with Gasteiger partial charge in [-0.15, -0.1) is 0 Å². The molecule has 0 aromatic rings. The second kappa shape index (κ2) is 4.41. The highest BCUT2D eigenvalue weighted by molar-refractivity contribution is 5.89. The van der Waals surface area contributed by atoms with E-state index in [1.54, 1.807) is 4.90 Å². The number of fused-ring (bicyclic) bond motifs is 1. The fourth-order valence-corrected chi connectivity index (χ4v) is 2.84. The second-order valence-electron chi connectivity index (χ2n) is 4.79. The van der Waals surface area contributed by atoms with E-state index < -0.39 is 18.0 Å². The van der Waals surface area contributed by atoms with Crippen molar-refractivity contribution in [1.29, 1.82) is 0 Å². The molecule has 0 spiro atoms. The van der Waals surface area contributed by atoms with Crippen molar-refractivity contribution in [2.45, 2.75) is 56.7 Å². The molecular formula is C11H19N3O2. The molecule has 90 valence electrons. The number of carbonyl (C=O) groups is 2. The number of nitrogens with two attached hydrogens (primary N) is 2. The van der Waals surface area contributed by atoms with Gasteiger partial charge in [0, 0.05) is 6.04 Å². The maximum absolute atomic E-state index is 12.1. The van der Waals surface area contributed by atoms with E-state index in [4.69, 9.17) is 11.5 Å². The smallest absolute Gasteiger partial charge is 0.240 e. The summed E-state index contributed by atoms with van der Waals surface area (Å²) in [5.41, 5.74) is 11.2. The normalized spacial score (nSPS) is 35.4. The van der Waals surface area contributed by atoms with Crippen molar-refractivity contribution in [3.8, 4) is 0 Å². The van der Waals surface area contributed by atoms with Crippen LogP contribution in [0.3, 0.4) is 0 Å². The largest absolute Gasteiger partial charge is 0.368 e. The van der Waals surface area contributed by atoms with Crippen LogP contribution in [0, 0.1) is 0 Å². The molecular weight excluding hydrogens is 206 g/mol. The van der Waals surface area contributed by atoms with E-state index in [-0.39, 0.29) is 11.9 Å². The maximum Gasteiger partial charge on any atom is 0.240 e. The Labute approximate surface area is 95.1 Å². The van der Waals surface area contributed by atoms with E-state index in [1.165, 1.54) is 0 Å². The number of hydrogen-bond acceptors (Lipinski definition) is 3. The van der Waals surface area contributed by atoms with Crippen molar-refractivity contribution < 1.29 is 9.59 Å². The van der Waals surface area contributed by atoms with Crippen molar-refractivity contribution in [3.05, 3.63) is 0 Å². The molecule has 5 heteroatoms. The number of hydrogen-bond donors (Lipinski definition) is 2. The third kappa shape index (κ3) is 1.91. The molecule has 2 aliphatic rings. The molecule has 4 N–H and O–H groups in total. The highest BCUT2D eigenvalue weighted by Crippen LogP contribution is 2.30. The van der Waals surface area contributed by atoms with Crippen LogP contribution >= 0.6 is 0 Å². The molecule has 2 heterocycles. The lowest BCUT2D eigenvalue weighted by molar-refractivity contribution is -0.141. The molecule has 2 aliphatic heterocycles. The Morgan fingerprint density at radius 1 is 1.19 bits per heavy atom. The first-order valence-corrected chi connectivity index (χ1v) is 5.98. The minimum Gasteiger partial charge on any atom is -0.368 e. The minimum atomic E-state index is -0.456. The fraction of sp³-hybridized carbons (Fsp3) is 0.818. The van der Waals surface area contributed by atoms with Gasteiger partial charge in [-0.05, 0) is 25.7 Å². The van der Waals surface area contributed by atoms with Crippen LogP contribution in [0.2, 0.25) is 0 Å². The Morgan fingerprint density at radius 3 is 2.56 bits per heavy atom. The Morgan fingerprint density at radius 2 is 1.88 bits per heavy atom. The first-order valence-electron chi connectivity index (χ1n) is 5.98. The van der Waals surface area contributed by atoms with Gasteiger partial charge in [-0.25, -0.2) is 0 Å². The number of carbonyl (C=O) groups excluding carboxylic acids is 2. The Bertz CT molecular complexity index is 306. The summed E-state index contributed by atoms with van der Waals surface area (Å²) in [5, 5.41) is 0. The molecule has 3 atom stereocenters. The fourth-order valence-electron chi connectivity index (χ4n) is 2.84. The van der Waals surface area contributed by atoms with Crippen molar-refractivity contribution in [1.82, 2.24) is 4.90 Å². The van der Waals surface area contributed by atoms with E-state index in [9.17, 15) is 9.59 Å². The molecule has 2 fully saturated rings. The standard InChI is InChI=1S/C11H19N3O2/c12-8-4-2-1-3-7-5-6-9(10(13)15)14(7)11(8)16/h7-9H,1-6,12H2,(H2,13,15)/t7-,8-,9-/m0/s1. The van der Waals surface area contributed by atoms with Gasteiger partial charge in [0.2, 0.25) is 11.8 Å². The second-order valence-corrected chi connectivity index (χ2v) is 4.79. The lowest BCUT2D eigenvalue weighted by Crippen LogP contribution is -2.53. The molecule has 2 rings (SSSR count). The lowest BCUT2D eigenvalue weighted by Gasteiger charge is -2.33. The number of nitrogens with zero attached hydrogens (tertiary/aromatic N) is 1. The Kier molecular flexibility index (Phi) is 3.14. The SMILES string of the molecule is NC(=O)[C@@H]1CC[C@@H]2CCCC[C@H](N)C(=O)N21. The van der Waals surface area contributed by atoms with Gasteiger partial charge in [-0.3, -0.25) is 9.59 Å². The topological polar surface area (TPSA) is 89.4 Å². The average Bonchev–Trinajstić information content (AvgIpc) is 2.64. The van der Waals surface area contributed by atoms with E-state index in [0.29, 0.717) is 12.8 Å². The van der Waals surface area contributed by atoms with E-state index in [2.05, 4.69) is 0 Å². The number of rotatable bonds is 1. The van der Waals surface area contributed by atoms with Gasteiger partial charge >= 0.3 is 0 Å². The molecule has 0 saturated carbocycles. The van der Waals surface area contributed by atoms with Crippen molar-refractivity contribution >= 4 is 11.8 Å². The Balaban J connectivity index is 2.20. The zero-order chi connectivity index (χ0) is 11.7. The summed E-state index contributed by atoms with van der Waals surface area (Å²) in [6, 6.07) is -0.708. The van der Waals surface area contributed by atoms with Gasteiger partial charge < -0.3 is 16.4 Å². The van der Waals surface area contributed by atoms with Gasteiger partial charge in [0.25, 0.3) is 0 Å². The summed E-state index contributed by atoms with van der Waals surface area (Å²) >= 11 is 0. The summed E-state index contributed by atoms with van der Waals surface area (Å²) in [4.78, 5) is 25.0. The molecule has 16 heavy (non-hydrogen) atoms. The van der Waals surface area contributed by atoms with E-state index in [1.807, 2.05) is 0 Å². The molecule has 0 radical (unpaired) electrons. The van der Waals surface area contributed by atoms with Gasteiger partial charge in [-0.1, -0.05) is 12.8 Å². The van der Waals surface area contributed by atoms with Crippen LogP contribution in [-0.2, 0) is 9.59 Å². The summed E-state index contributed by atoms with van der Waals surface area (Å²) < 4.78 is 0. The van der Waals surface area contributed by atoms with Crippen molar-refractivity contribution in [2.75, 3.05) is 0 Å². The average molecular weight is 225 g/mol. The molecule has 0 unspecified atom stereocenters. The summed E-state index contributed by atoms with van der Waals surface area (Å²) in [6.07, 6.45) is 5.34. The molecule has 0 aromatic carbocycles. The molecule has 0 aliphatic carbocycles. The van der Waals surface area contributed by atoms with Crippen molar-refractivity contribution in [3.63, 3.8) is 0 Å². The predicted octanol–water partition coefficient (Wildman–Crippen LogP) is -0.267. The lowest BCUT2D eigenvalue weighted by atomic mass is 9.99. The first kappa shape index (κ1) is 11.4. The van der Waals surface area contributed by atoms with Crippen LogP contribution in [0.15, 0.2) is 0 Å². The summed E-state index contributed by atoms with van der Waals surface area (Å²) in [7, 11) is 0. The van der Waals surface area contributed by atoms with Gasteiger partial charge in [0.05, 0.1) is 6.04 Å². The zero-order valence-corrected chi connectivity index (χ0v) is 9.39.